The first-order chi connectivity index (χ1) is 9.56. The van der Waals surface area contributed by atoms with E-state index in [2.05, 4.69) is 11.2 Å². The zero-order valence-corrected chi connectivity index (χ0v) is 11.2. The van der Waals surface area contributed by atoms with Gasteiger partial charge in [0.15, 0.2) is 0 Å². The Balaban J connectivity index is 2.68. The second kappa shape index (κ2) is 7.64. The predicted octanol–water partition coefficient (Wildman–Crippen LogP) is 2.27. The van der Waals surface area contributed by atoms with Crippen molar-refractivity contribution in [2.24, 2.45) is 0 Å². The first-order valence-corrected chi connectivity index (χ1v) is 6.07. The van der Waals surface area contributed by atoms with Crippen molar-refractivity contribution in [1.29, 1.82) is 0 Å². The fourth-order valence-electron chi connectivity index (χ4n) is 1.49. The second-order valence-electron chi connectivity index (χ2n) is 3.94. The molecule has 0 fully saturated rings. The molecule has 0 aliphatic heterocycles. The van der Waals surface area contributed by atoms with Gasteiger partial charge in [0.2, 0.25) is 0 Å². The van der Waals surface area contributed by atoms with Crippen molar-refractivity contribution in [3.8, 4) is 12.3 Å². The normalized spacial score (nSPS) is 10.0. The predicted molar refractivity (Wildman–Crippen MR) is 78.2 cm³/mol. The minimum Gasteiger partial charge on any atom is -0.478 e. The molecule has 0 saturated heterocycles. The van der Waals surface area contributed by atoms with E-state index in [-0.39, 0.29) is 12.6 Å². The Labute approximate surface area is 117 Å². The molecule has 5 nitrogen and oxygen atoms in total. The van der Waals surface area contributed by atoms with Crippen LogP contribution in [0.3, 0.4) is 0 Å². The molecule has 0 atom stereocenters. The van der Waals surface area contributed by atoms with Gasteiger partial charge in [-0.15, -0.1) is 6.42 Å². The summed E-state index contributed by atoms with van der Waals surface area (Å²) >= 11 is 0. The molecule has 0 heterocycles. The van der Waals surface area contributed by atoms with Gasteiger partial charge in [-0.3, -0.25) is 0 Å². The highest BCUT2D eigenvalue weighted by Crippen LogP contribution is 2.11. The molecule has 104 valence electrons. The molecule has 1 aromatic carbocycles. The van der Waals surface area contributed by atoms with Crippen LogP contribution in [-0.2, 0) is 4.79 Å². The quantitative estimate of drug-likeness (QED) is 0.638. The van der Waals surface area contributed by atoms with Gasteiger partial charge >= 0.3 is 12.0 Å². The first-order valence-electron chi connectivity index (χ1n) is 6.07. The topological polar surface area (TPSA) is 69.6 Å². The summed E-state index contributed by atoms with van der Waals surface area (Å²) in [5.41, 5.74) is 1.36. The molecule has 0 aliphatic rings. The van der Waals surface area contributed by atoms with E-state index in [9.17, 15) is 9.59 Å². The Bertz CT molecular complexity index is 541. The Morgan fingerprint density at radius 3 is 2.55 bits per heavy atom. The smallest absolute Gasteiger partial charge is 0.328 e. The first kappa shape index (κ1) is 15.3. The third-order valence-corrected chi connectivity index (χ3v) is 2.53. The molecule has 5 heteroatoms. The summed E-state index contributed by atoms with van der Waals surface area (Å²) in [6.07, 6.45) is 7.72. The number of aliphatic carboxylic acids is 1. The van der Waals surface area contributed by atoms with E-state index >= 15 is 0 Å². The van der Waals surface area contributed by atoms with Crippen molar-refractivity contribution >= 4 is 23.8 Å². The third-order valence-electron chi connectivity index (χ3n) is 2.53. The lowest BCUT2D eigenvalue weighted by atomic mass is 10.2. The van der Waals surface area contributed by atoms with Crippen molar-refractivity contribution < 1.29 is 14.7 Å². The average Bonchev–Trinajstić information content (AvgIpc) is 2.43. The fourth-order valence-corrected chi connectivity index (χ4v) is 1.49. The van der Waals surface area contributed by atoms with Crippen molar-refractivity contribution in [3.63, 3.8) is 0 Å². The zero-order chi connectivity index (χ0) is 15.0. The second-order valence-corrected chi connectivity index (χ2v) is 3.94. The zero-order valence-electron chi connectivity index (χ0n) is 11.2. The maximum Gasteiger partial charge on any atom is 0.328 e. The molecule has 2 amide bonds. The molecular weight excluding hydrogens is 256 g/mol. The number of carbonyl (C=O) groups excluding carboxylic acids is 1. The van der Waals surface area contributed by atoms with Crippen molar-refractivity contribution in [3.05, 3.63) is 35.9 Å². The van der Waals surface area contributed by atoms with Crippen molar-refractivity contribution in [1.82, 2.24) is 4.90 Å². The maximum atomic E-state index is 11.9. The van der Waals surface area contributed by atoms with Crippen LogP contribution < -0.4 is 5.32 Å². The summed E-state index contributed by atoms with van der Waals surface area (Å²) < 4.78 is 0. The Hall–Kier alpha value is -2.74. The molecule has 0 unspecified atom stereocenters. The highest BCUT2D eigenvalue weighted by atomic mass is 16.4. The van der Waals surface area contributed by atoms with Crippen LogP contribution in [-0.4, -0.2) is 35.1 Å². The molecule has 0 aliphatic carbocycles. The number of nitrogens with zero attached hydrogens (tertiary/aromatic N) is 1. The molecule has 1 rings (SSSR count). The SMILES string of the molecule is C#CCN(CC)C(=O)Nc1ccc(/C=C/C(=O)O)cc1. The Kier molecular flexibility index (Phi) is 5.85. The van der Waals surface area contributed by atoms with Crippen LogP contribution in [0.15, 0.2) is 30.3 Å². The van der Waals surface area contributed by atoms with Crippen LogP contribution in [0.1, 0.15) is 12.5 Å². The number of carboxylic acids is 1. The molecule has 0 saturated carbocycles. The van der Waals surface area contributed by atoms with E-state index in [1.807, 2.05) is 6.92 Å². The molecule has 0 spiro atoms. The van der Waals surface area contributed by atoms with E-state index in [0.29, 0.717) is 12.2 Å². The molecule has 0 aromatic heterocycles. The summed E-state index contributed by atoms with van der Waals surface area (Å²) in [7, 11) is 0. The number of urea groups is 1. The largest absolute Gasteiger partial charge is 0.478 e. The van der Waals surface area contributed by atoms with Gasteiger partial charge in [-0.05, 0) is 30.7 Å². The van der Waals surface area contributed by atoms with Gasteiger partial charge in [0, 0.05) is 18.3 Å². The highest BCUT2D eigenvalue weighted by molar-refractivity contribution is 5.90. The standard InChI is InChI=1S/C15H16N2O3/c1-3-11-17(4-2)15(20)16-13-8-5-12(6-9-13)7-10-14(18)19/h1,5-10H,4,11H2,2H3,(H,16,20)(H,18,19)/b10-7+. The number of terminal acetylenes is 1. The van der Waals surface area contributed by atoms with Crippen molar-refractivity contribution in [2.75, 3.05) is 18.4 Å². The number of amides is 2. The van der Waals surface area contributed by atoms with E-state index in [4.69, 9.17) is 11.5 Å². The number of anilines is 1. The van der Waals surface area contributed by atoms with Crippen LogP contribution in [0.25, 0.3) is 6.08 Å². The summed E-state index contributed by atoms with van der Waals surface area (Å²) in [6, 6.07) is 6.56. The molecule has 2 N–H and O–H groups in total. The van der Waals surface area contributed by atoms with Crippen molar-refractivity contribution in [2.45, 2.75) is 6.92 Å². The highest BCUT2D eigenvalue weighted by Gasteiger charge is 2.09. The number of benzene rings is 1. The summed E-state index contributed by atoms with van der Waals surface area (Å²) in [5, 5.41) is 11.2. The van der Waals surface area contributed by atoms with Gasteiger partial charge in [0.25, 0.3) is 0 Å². The number of hydrogen-bond donors (Lipinski definition) is 2. The van der Waals surface area contributed by atoms with Gasteiger partial charge in [-0.25, -0.2) is 9.59 Å². The van der Waals surface area contributed by atoms with E-state index in [1.54, 1.807) is 24.3 Å². The number of carbonyl (C=O) groups is 2. The average molecular weight is 272 g/mol. The summed E-state index contributed by atoms with van der Waals surface area (Å²) in [5.74, 6) is 1.42. The fraction of sp³-hybridized carbons (Fsp3) is 0.200. The number of nitrogens with one attached hydrogen (secondary N) is 1. The lowest BCUT2D eigenvalue weighted by Crippen LogP contribution is -2.35. The Morgan fingerprint density at radius 2 is 2.05 bits per heavy atom. The minimum absolute atomic E-state index is 0.252. The van der Waals surface area contributed by atoms with Gasteiger partial charge in [0.05, 0.1) is 6.54 Å². The lowest BCUT2D eigenvalue weighted by molar-refractivity contribution is -0.131. The number of carboxylic acid groups (broad SMARTS) is 1. The third kappa shape index (κ3) is 4.86. The van der Waals surface area contributed by atoms with Crippen LogP contribution in [0, 0.1) is 12.3 Å². The van der Waals surface area contributed by atoms with E-state index in [0.717, 1.165) is 11.6 Å². The number of hydrogen-bond acceptors (Lipinski definition) is 2. The lowest BCUT2D eigenvalue weighted by Gasteiger charge is -2.18. The molecule has 0 bridgehead atoms. The van der Waals surface area contributed by atoms with Crippen LogP contribution in [0.2, 0.25) is 0 Å². The summed E-state index contributed by atoms with van der Waals surface area (Å²) in [6.45, 7) is 2.62. The Morgan fingerprint density at radius 1 is 1.40 bits per heavy atom. The van der Waals surface area contributed by atoms with Crippen LogP contribution in [0.4, 0.5) is 10.5 Å². The van der Waals surface area contributed by atoms with Gasteiger partial charge in [0.1, 0.15) is 0 Å². The number of rotatable bonds is 5. The monoisotopic (exact) mass is 272 g/mol. The van der Waals surface area contributed by atoms with Gasteiger partial charge < -0.3 is 15.3 Å². The molecule has 20 heavy (non-hydrogen) atoms. The molecule has 1 aromatic rings. The maximum absolute atomic E-state index is 11.9. The molecular formula is C15H16N2O3. The van der Waals surface area contributed by atoms with Crippen LogP contribution >= 0.6 is 0 Å². The van der Waals surface area contributed by atoms with E-state index in [1.165, 1.54) is 11.0 Å². The van der Waals surface area contributed by atoms with Crippen LogP contribution in [0.5, 0.6) is 0 Å². The van der Waals surface area contributed by atoms with E-state index < -0.39 is 5.97 Å². The minimum atomic E-state index is -1.00. The van der Waals surface area contributed by atoms with Gasteiger partial charge in [-0.2, -0.15) is 0 Å². The van der Waals surface area contributed by atoms with Gasteiger partial charge in [-0.1, -0.05) is 18.1 Å². The molecule has 0 radical (unpaired) electrons. The summed E-state index contributed by atoms with van der Waals surface area (Å²) in [4.78, 5) is 23.7.